The highest BCUT2D eigenvalue weighted by molar-refractivity contribution is 6.05. The van der Waals surface area contributed by atoms with Crippen LogP contribution in [-0.2, 0) is 16.8 Å². The number of halogens is 1. The Morgan fingerprint density at radius 2 is 2.00 bits per heavy atom. The number of aryl methyl sites for hydroxylation is 2. The number of carbonyl (C=O) groups is 2. The van der Waals surface area contributed by atoms with Gasteiger partial charge in [0.1, 0.15) is 12.2 Å². The molecule has 2 fully saturated rings. The van der Waals surface area contributed by atoms with Gasteiger partial charge in [0.05, 0.1) is 29.1 Å². The van der Waals surface area contributed by atoms with Gasteiger partial charge >= 0.3 is 0 Å². The number of alkyl halides is 1. The molecule has 3 aromatic rings. The topological polar surface area (TPSA) is 120 Å². The normalized spacial score (nSPS) is 18.4. The number of anilines is 1. The molecule has 2 saturated heterocycles. The summed E-state index contributed by atoms with van der Waals surface area (Å²) in [6.07, 6.45) is 3.65. The van der Waals surface area contributed by atoms with Crippen molar-refractivity contribution in [2.24, 2.45) is 0 Å². The first kappa shape index (κ1) is 28.3. The molecule has 10 heteroatoms. The molecule has 1 aromatic carbocycles. The second-order valence-corrected chi connectivity index (χ2v) is 10.5. The lowest BCUT2D eigenvalue weighted by Crippen LogP contribution is -2.43. The molecule has 5 rings (SSSR count). The number of nitrogens with zero attached hydrogens (tertiary/aromatic N) is 4. The highest BCUT2D eigenvalue weighted by atomic mass is 19.1. The molecule has 1 unspecified atom stereocenters. The van der Waals surface area contributed by atoms with Crippen LogP contribution in [0.1, 0.15) is 74.7 Å². The number of hydrogen-bond donors (Lipinski definition) is 2. The molecule has 2 N–H and O–H groups in total. The Labute approximate surface area is 238 Å². The van der Waals surface area contributed by atoms with E-state index in [1.807, 2.05) is 26.0 Å². The predicted molar refractivity (Wildman–Crippen MR) is 151 cm³/mol. The summed E-state index contributed by atoms with van der Waals surface area (Å²) in [6.45, 7) is 6.41. The van der Waals surface area contributed by atoms with Gasteiger partial charge in [-0.15, -0.1) is 0 Å². The second-order valence-electron chi connectivity index (χ2n) is 10.5. The predicted octanol–water partition coefficient (Wildman–Crippen LogP) is 4.23. The first-order chi connectivity index (χ1) is 19.8. The van der Waals surface area contributed by atoms with Crippen LogP contribution in [0.2, 0.25) is 0 Å². The number of nitrogens with one attached hydrogen (secondary N) is 2. The number of pyridine rings is 2. The van der Waals surface area contributed by atoms with Crippen LogP contribution in [0.3, 0.4) is 0 Å². The van der Waals surface area contributed by atoms with Gasteiger partial charge in [-0.05, 0) is 54.8 Å². The van der Waals surface area contributed by atoms with Gasteiger partial charge in [-0.25, -0.2) is 4.39 Å². The van der Waals surface area contributed by atoms with Gasteiger partial charge < -0.3 is 20.3 Å². The Morgan fingerprint density at radius 3 is 2.61 bits per heavy atom. The number of nitriles is 1. The van der Waals surface area contributed by atoms with Gasteiger partial charge in [-0.1, -0.05) is 13.0 Å². The van der Waals surface area contributed by atoms with Gasteiger partial charge in [-0.2, -0.15) is 5.26 Å². The number of likely N-dealkylation sites (tertiary alicyclic amines) is 1. The number of piperidine rings is 1. The Balaban J connectivity index is 1.28. The van der Waals surface area contributed by atoms with Crippen LogP contribution in [0.4, 0.5) is 10.1 Å². The zero-order chi connectivity index (χ0) is 29.0. The summed E-state index contributed by atoms with van der Waals surface area (Å²) in [6, 6.07) is 12.3. The van der Waals surface area contributed by atoms with Crippen molar-refractivity contribution in [2.75, 3.05) is 38.1 Å². The molecule has 0 radical (unpaired) electrons. The lowest BCUT2D eigenvalue weighted by molar-refractivity contribution is 0.0250. The van der Waals surface area contributed by atoms with Crippen LogP contribution in [0.15, 0.2) is 48.8 Å². The van der Waals surface area contributed by atoms with Gasteiger partial charge in [-0.3, -0.25) is 19.6 Å². The fourth-order valence-electron chi connectivity index (χ4n) is 5.30. The average Bonchev–Trinajstić information content (AvgIpc) is 3.02. The average molecular weight is 557 g/mol. The minimum atomic E-state index is -1.66. The third-order valence-electron chi connectivity index (χ3n) is 7.81. The van der Waals surface area contributed by atoms with Crippen LogP contribution in [-0.4, -0.2) is 59.5 Å². The molecule has 212 valence electrons. The van der Waals surface area contributed by atoms with E-state index >= 15 is 4.39 Å². The van der Waals surface area contributed by atoms with E-state index in [1.54, 1.807) is 35.2 Å². The van der Waals surface area contributed by atoms with E-state index in [1.165, 1.54) is 12.4 Å². The van der Waals surface area contributed by atoms with Crippen molar-refractivity contribution in [1.82, 2.24) is 20.2 Å². The van der Waals surface area contributed by atoms with Gasteiger partial charge in [0, 0.05) is 62.7 Å². The summed E-state index contributed by atoms with van der Waals surface area (Å²) in [5.41, 5.74) is 2.90. The summed E-state index contributed by atoms with van der Waals surface area (Å²) in [5, 5.41) is 15.2. The van der Waals surface area contributed by atoms with Crippen molar-refractivity contribution in [1.29, 1.82) is 5.26 Å². The smallest absolute Gasteiger partial charge is 0.257 e. The van der Waals surface area contributed by atoms with E-state index in [0.717, 1.165) is 23.4 Å². The van der Waals surface area contributed by atoms with Gasteiger partial charge in [0.25, 0.3) is 11.8 Å². The molecular weight excluding hydrogens is 523 g/mol. The number of amides is 2. The number of morpholine rings is 1. The molecule has 2 aliphatic rings. The summed E-state index contributed by atoms with van der Waals surface area (Å²) in [5.74, 6) is -0.526. The van der Waals surface area contributed by atoms with Crippen molar-refractivity contribution in [3.63, 3.8) is 0 Å². The number of carbonyl (C=O) groups excluding carboxylic acids is 2. The van der Waals surface area contributed by atoms with Gasteiger partial charge in [0.2, 0.25) is 0 Å². The molecule has 2 aromatic heterocycles. The largest absolute Gasteiger partial charge is 0.369 e. The SMILES string of the molecule is CCc1cc(C)c(C(=O)N2CCC(F)(c3ccc(C#N)cn3)CC2)cc1NC(=O)c1ccc(C2CNCCO2)nc1. The molecule has 9 nitrogen and oxygen atoms in total. The van der Waals surface area contributed by atoms with Crippen molar-refractivity contribution in [3.8, 4) is 6.07 Å². The molecule has 0 saturated carbocycles. The van der Waals surface area contributed by atoms with Crippen molar-refractivity contribution < 1.29 is 18.7 Å². The zero-order valence-electron chi connectivity index (χ0n) is 23.2. The van der Waals surface area contributed by atoms with Crippen molar-refractivity contribution in [3.05, 3.63) is 88.0 Å². The number of ether oxygens (including phenoxy) is 1. The number of aromatic nitrogens is 2. The van der Waals surface area contributed by atoms with E-state index in [9.17, 15) is 9.59 Å². The van der Waals surface area contributed by atoms with Crippen LogP contribution >= 0.6 is 0 Å². The number of rotatable bonds is 6. The standard InChI is InChI=1S/C31H33FN6O3/c1-3-22-14-20(2)24(30(40)38-11-8-31(32,9-12-38)28-7-4-21(16-33)17-36-28)15-26(22)37-29(39)23-5-6-25(35-18-23)27-19-34-10-13-41-27/h4-7,14-15,17-18,27,34H,3,8-13,19H2,1-2H3,(H,37,39). The first-order valence-corrected chi connectivity index (χ1v) is 13.9. The summed E-state index contributed by atoms with van der Waals surface area (Å²) in [7, 11) is 0. The first-order valence-electron chi connectivity index (χ1n) is 13.9. The lowest BCUT2D eigenvalue weighted by atomic mass is 9.89. The Kier molecular flexibility index (Phi) is 8.38. The second kappa shape index (κ2) is 12.1. The van der Waals surface area contributed by atoms with Crippen LogP contribution in [0.25, 0.3) is 0 Å². The maximum Gasteiger partial charge on any atom is 0.257 e. The van der Waals surface area contributed by atoms with E-state index in [0.29, 0.717) is 42.0 Å². The fourth-order valence-corrected chi connectivity index (χ4v) is 5.30. The van der Waals surface area contributed by atoms with Crippen LogP contribution < -0.4 is 10.6 Å². The molecule has 0 spiro atoms. The minimum Gasteiger partial charge on any atom is -0.369 e. The maximum absolute atomic E-state index is 15.7. The molecule has 1 atom stereocenters. The summed E-state index contributed by atoms with van der Waals surface area (Å²) in [4.78, 5) is 36.9. The van der Waals surface area contributed by atoms with Gasteiger partial charge in [0.15, 0.2) is 5.67 Å². The quantitative estimate of drug-likeness (QED) is 0.466. The highest BCUT2D eigenvalue weighted by Gasteiger charge is 2.39. The molecule has 4 heterocycles. The highest BCUT2D eigenvalue weighted by Crippen LogP contribution is 2.36. The lowest BCUT2D eigenvalue weighted by Gasteiger charge is -2.36. The molecular formula is C31H33FN6O3. The zero-order valence-corrected chi connectivity index (χ0v) is 23.2. The third-order valence-corrected chi connectivity index (χ3v) is 7.81. The van der Waals surface area contributed by atoms with E-state index < -0.39 is 5.67 Å². The number of hydrogen-bond acceptors (Lipinski definition) is 7. The Hall–Kier alpha value is -4.20. The van der Waals surface area contributed by atoms with E-state index in [2.05, 4.69) is 20.6 Å². The third kappa shape index (κ3) is 6.11. The van der Waals surface area contributed by atoms with Crippen LogP contribution in [0, 0.1) is 18.3 Å². The van der Waals surface area contributed by atoms with Crippen molar-refractivity contribution in [2.45, 2.75) is 44.9 Å². The molecule has 2 aliphatic heterocycles. The van der Waals surface area contributed by atoms with E-state index in [-0.39, 0.29) is 49.5 Å². The monoisotopic (exact) mass is 556 g/mol. The molecule has 2 amide bonds. The molecule has 41 heavy (non-hydrogen) atoms. The number of benzene rings is 1. The maximum atomic E-state index is 15.7. The van der Waals surface area contributed by atoms with E-state index in [4.69, 9.17) is 10.00 Å². The summed E-state index contributed by atoms with van der Waals surface area (Å²) < 4.78 is 21.4. The Bertz CT molecular complexity index is 1450. The minimum absolute atomic E-state index is 0.109. The Morgan fingerprint density at radius 1 is 1.20 bits per heavy atom. The molecule has 0 bridgehead atoms. The fraction of sp³-hybridized carbons (Fsp3) is 0.387. The van der Waals surface area contributed by atoms with Crippen LogP contribution in [0.5, 0.6) is 0 Å². The molecule has 0 aliphatic carbocycles. The summed E-state index contributed by atoms with van der Waals surface area (Å²) >= 11 is 0. The van der Waals surface area contributed by atoms with Crippen molar-refractivity contribution >= 4 is 17.5 Å².